The molecule has 1 saturated heterocycles. The molecule has 6 nitrogen and oxygen atoms in total. The number of nitro benzene ring substituents is 1. The van der Waals surface area contributed by atoms with Crippen LogP contribution in [0.3, 0.4) is 0 Å². The molecule has 1 fully saturated rings. The average molecular weight is 313 g/mol. The van der Waals surface area contributed by atoms with Crippen LogP contribution in [-0.2, 0) is 11.3 Å². The Bertz CT molecular complexity index is 564. The van der Waals surface area contributed by atoms with E-state index in [-0.39, 0.29) is 22.7 Å². The van der Waals surface area contributed by atoms with Crippen molar-refractivity contribution in [3.8, 4) is 0 Å². The molecule has 0 radical (unpaired) electrons. The molecular weight excluding hydrogens is 296 g/mol. The molecule has 1 aromatic rings. The number of nitrogens with zero attached hydrogens (tertiary/aromatic N) is 2. The molecule has 0 spiro atoms. The highest BCUT2D eigenvalue weighted by Crippen LogP contribution is 2.28. The number of aliphatic carboxylic acids is 1. The Morgan fingerprint density at radius 1 is 1.57 bits per heavy atom. The lowest BCUT2D eigenvalue weighted by Gasteiger charge is -2.37. The summed E-state index contributed by atoms with van der Waals surface area (Å²) < 4.78 is 0. The second kappa shape index (κ2) is 6.41. The van der Waals surface area contributed by atoms with Crippen LogP contribution in [0.15, 0.2) is 18.2 Å². The number of likely N-dealkylation sites (tertiary alicyclic amines) is 1. The second-order valence-electron chi connectivity index (χ2n) is 5.34. The van der Waals surface area contributed by atoms with Crippen LogP contribution in [-0.4, -0.2) is 33.5 Å². The number of rotatable bonds is 4. The molecule has 2 atom stereocenters. The summed E-state index contributed by atoms with van der Waals surface area (Å²) in [5.41, 5.74) is 0.651. The maximum Gasteiger partial charge on any atom is 0.308 e. The van der Waals surface area contributed by atoms with Crippen molar-refractivity contribution in [2.24, 2.45) is 5.92 Å². The van der Waals surface area contributed by atoms with Gasteiger partial charge in [0.15, 0.2) is 0 Å². The van der Waals surface area contributed by atoms with Gasteiger partial charge in [-0.2, -0.15) is 0 Å². The van der Waals surface area contributed by atoms with Crippen LogP contribution in [0.1, 0.15) is 25.3 Å². The molecule has 1 aliphatic rings. The van der Waals surface area contributed by atoms with Gasteiger partial charge in [0.05, 0.1) is 10.8 Å². The van der Waals surface area contributed by atoms with Crippen molar-refractivity contribution in [1.82, 2.24) is 4.90 Å². The van der Waals surface area contributed by atoms with E-state index in [2.05, 4.69) is 4.90 Å². The van der Waals surface area contributed by atoms with Gasteiger partial charge in [-0.25, -0.2) is 0 Å². The smallest absolute Gasteiger partial charge is 0.308 e. The highest BCUT2D eigenvalue weighted by molar-refractivity contribution is 6.32. The van der Waals surface area contributed by atoms with E-state index in [0.29, 0.717) is 13.0 Å². The first-order valence-electron chi connectivity index (χ1n) is 6.80. The van der Waals surface area contributed by atoms with Crippen molar-refractivity contribution in [3.05, 3.63) is 38.9 Å². The van der Waals surface area contributed by atoms with Gasteiger partial charge in [0.2, 0.25) is 0 Å². The highest BCUT2D eigenvalue weighted by Gasteiger charge is 2.32. The minimum atomic E-state index is -0.783. The van der Waals surface area contributed by atoms with Gasteiger partial charge in [-0.1, -0.05) is 17.7 Å². The van der Waals surface area contributed by atoms with Crippen molar-refractivity contribution in [2.45, 2.75) is 32.4 Å². The molecule has 0 bridgehead atoms. The molecule has 7 heteroatoms. The Kier molecular flexibility index (Phi) is 4.80. The minimum Gasteiger partial charge on any atom is -0.481 e. The predicted octanol–water partition coefficient (Wildman–Crippen LogP) is 2.93. The number of hydrogen-bond donors (Lipinski definition) is 1. The standard InChI is InChI=1S/C14H17ClN2O4/c1-9-11(14(18)19)3-2-6-16(9)8-10-4-5-12(15)13(7-10)17(20)21/h4-5,7,9,11H,2-3,6,8H2,1H3,(H,18,19)/t9-,11-/m1/s1. The van der Waals surface area contributed by atoms with Crippen molar-refractivity contribution in [3.63, 3.8) is 0 Å². The fraction of sp³-hybridized carbons (Fsp3) is 0.500. The average Bonchev–Trinajstić information content (AvgIpc) is 2.42. The molecular formula is C14H17ClN2O4. The lowest BCUT2D eigenvalue weighted by atomic mass is 9.90. The summed E-state index contributed by atoms with van der Waals surface area (Å²) >= 11 is 5.79. The van der Waals surface area contributed by atoms with Gasteiger partial charge in [-0.3, -0.25) is 19.8 Å². The summed E-state index contributed by atoms with van der Waals surface area (Å²) in [7, 11) is 0. The molecule has 1 aliphatic heterocycles. The fourth-order valence-electron chi connectivity index (χ4n) is 2.80. The highest BCUT2D eigenvalue weighted by atomic mass is 35.5. The largest absolute Gasteiger partial charge is 0.481 e. The molecule has 114 valence electrons. The van der Waals surface area contributed by atoms with Crippen molar-refractivity contribution < 1.29 is 14.8 Å². The zero-order valence-corrected chi connectivity index (χ0v) is 12.4. The number of nitro groups is 1. The zero-order chi connectivity index (χ0) is 15.6. The molecule has 0 saturated carbocycles. The molecule has 1 aromatic carbocycles. The van der Waals surface area contributed by atoms with Gasteiger partial charge in [-0.05, 0) is 37.9 Å². The van der Waals surface area contributed by atoms with E-state index in [1.165, 1.54) is 12.1 Å². The first kappa shape index (κ1) is 15.7. The topological polar surface area (TPSA) is 83.7 Å². The van der Waals surface area contributed by atoms with Crippen molar-refractivity contribution >= 4 is 23.3 Å². The van der Waals surface area contributed by atoms with E-state index in [4.69, 9.17) is 11.6 Å². The molecule has 1 N–H and O–H groups in total. The molecule has 21 heavy (non-hydrogen) atoms. The lowest BCUT2D eigenvalue weighted by molar-refractivity contribution is -0.384. The number of carbonyl (C=O) groups is 1. The van der Waals surface area contributed by atoms with Crippen molar-refractivity contribution in [2.75, 3.05) is 6.54 Å². The number of hydrogen-bond acceptors (Lipinski definition) is 4. The number of piperidine rings is 1. The molecule has 0 amide bonds. The normalized spacial score (nSPS) is 23.0. The van der Waals surface area contributed by atoms with Crippen molar-refractivity contribution in [1.29, 1.82) is 0 Å². The Hall–Kier alpha value is -1.66. The summed E-state index contributed by atoms with van der Waals surface area (Å²) in [6.45, 7) is 3.17. The van der Waals surface area contributed by atoms with E-state index >= 15 is 0 Å². The van der Waals surface area contributed by atoms with Crippen LogP contribution in [0.4, 0.5) is 5.69 Å². The third-order valence-corrected chi connectivity index (χ3v) is 4.35. The zero-order valence-electron chi connectivity index (χ0n) is 11.7. The number of benzene rings is 1. The van der Waals surface area contributed by atoms with E-state index in [1.54, 1.807) is 6.07 Å². The van der Waals surface area contributed by atoms with Gasteiger partial charge >= 0.3 is 5.97 Å². The quantitative estimate of drug-likeness (QED) is 0.682. The summed E-state index contributed by atoms with van der Waals surface area (Å²) in [6, 6.07) is 4.62. The first-order chi connectivity index (χ1) is 9.90. The van der Waals surface area contributed by atoms with Crippen LogP contribution in [0, 0.1) is 16.0 Å². The van der Waals surface area contributed by atoms with E-state index in [9.17, 15) is 20.0 Å². The number of carboxylic acid groups (broad SMARTS) is 1. The minimum absolute atomic E-state index is 0.0917. The van der Waals surface area contributed by atoms with E-state index in [0.717, 1.165) is 18.5 Å². The Morgan fingerprint density at radius 3 is 2.90 bits per heavy atom. The summed E-state index contributed by atoms with van der Waals surface area (Å²) in [6.07, 6.45) is 1.49. The molecule has 0 aliphatic carbocycles. The molecule has 1 heterocycles. The van der Waals surface area contributed by atoms with Crippen LogP contribution in [0.2, 0.25) is 5.02 Å². The van der Waals surface area contributed by atoms with Gasteiger partial charge < -0.3 is 5.11 Å². The summed E-state index contributed by atoms with van der Waals surface area (Å²) in [5, 5.41) is 20.2. The SMILES string of the molecule is C[C@@H]1[C@H](C(=O)O)CCCN1Cc1ccc(Cl)c([N+](=O)[O-])c1. The van der Waals surface area contributed by atoms with Gasteiger partial charge in [-0.15, -0.1) is 0 Å². The van der Waals surface area contributed by atoms with Gasteiger partial charge in [0, 0.05) is 18.7 Å². The second-order valence-corrected chi connectivity index (χ2v) is 5.75. The lowest BCUT2D eigenvalue weighted by Crippen LogP contribution is -2.45. The molecule has 2 rings (SSSR count). The van der Waals surface area contributed by atoms with Crippen LogP contribution < -0.4 is 0 Å². The van der Waals surface area contributed by atoms with Gasteiger partial charge in [0.1, 0.15) is 5.02 Å². The van der Waals surface area contributed by atoms with Crippen LogP contribution in [0.5, 0.6) is 0 Å². The number of carboxylic acids is 1. The number of halogens is 1. The third kappa shape index (κ3) is 3.51. The maximum absolute atomic E-state index is 11.2. The molecule has 0 aromatic heterocycles. The van der Waals surface area contributed by atoms with Gasteiger partial charge in [0.25, 0.3) is 5.69 Å². The Morgan fingerprint density at radius 2 is 2.29 bits per heavy atom. The fourth-order valence-corrected chi connectivity index (χ4v) is 2.98. The third-order valence-electron chi connectivity index (χ3n) is 4.03. The molecule has 0 unspecified atom stereocenters. The van der Waals surface area contributed by atoms with E-state index in [1.807, 2.05) is 6.92 Å². The monoisotopic (exact) mass is 312 g/mol. The Labute approximate surface area is 127 Å². The Balaban J connectivity index is 2.16. The maximum atomic E-state index is 11.2. The summed E-state index contributed by atoms with van der Waals surface area (Å²) in [4.78, 5) is 23.7. The van der Waals surface area contributed by atoms with Crippen LogP contribution >= 0.6 is 11.6 Å². The summed E-state index contributed by atoms with van der Waals surface area (Å²) in [5.74, 6) is -1.17. The predicted molar refractivity (Wildman–Crippen MR) is 78.3 cm³/mol. The first-order valence-corrected chi connectivity index (χ1v) is 7.17. The van der Waals surface area contributed by atoms with Crippen LogP contribution in [0.25, 0.3) is 0 Å². The van der Waals surface area contributed by atoms with E-state index < -0.39 is 10.9 Å².